The minimum Gasteiger partial charge on any atom is -0.494 e. The molecular weight excluding hydrogens is 451 g/mol. The lowest BCUT2D eigenvalue weighted by atomic mass is 10.1. The summed E-state index contributed by atoms with van der Waals surface area (Å²) >= 11 is 0. The maximum absolute atomic E-state index is 12.6. The van der Waals surface area contributed by atoms with Gasteiger partial charge in [0.05, 0.1) is 25.8 Å². The molecule has 0 unspecified atom stereocenters. The number of ether oxygens (including phenoxy) is 3. The number of aliphatic carboxylic acids is 1. The molecule has 0 spiro atoms. The van der Waals surface area contributed by atoms with Gasteiger partial charge < -0.3 is 19.3 Å². The summed E-state index contributed by atoms with van der Waals surface area (Å²) in [6, 6.07) is 11.5. The lowest BCUT2D eigenvalue weighted by molar-refractivity contribution is -0.152. The standard InChI is InChI=1S/C23H26F3NO5.C2H2/c1-22(2,21(28)29)32-19-12-10-18(11-13-19)31-14-4-5-20(30-3)27-15-16-6-8-17(9-7-16)23(24,25)26;1-2/h6-13H,4-5,14-15H2,1-3H3,(H,28,29);1-2H. The van der Waals surface area contributed by atoms with Gasteiger partial charge in [-0.2, -0.15) is 13.2 Å². The second-order valence-corrected chi connectivity index (χ2v) is 7.45. The van der Waals surface area contributed by atoms with Crippen LogP contribution in [0.25, 0.3) is 0 Å². The van der Waals surface area contributed by atoms with Crippen molar-refractivity contribution in [2.24, 2.45) is 4.99 Å². The highest BCUT2D eigenvalue weighted by atomic mass is 19.4. The number of halogens is 3. The highest BCUT2D eigenvalue weighted by molar-refractivity contribution is 5.77. The topological polar surface area (TPSA) is 77.4 Å². The van der Waals surface area contributed by atoms with E-state index in [9.17, 15) is 18.0 Å². The number of benzene rings is 2. The molecule has 0 aromatic heterocycles. The fourth-order valence-corrected chi connectivity index (χ4v) is 2.58. The van der Waals surface area contributed by atoms with Crippen molar-refractivity contribution in [3.05, 3.63) is 59.7 Å². The summed E-state index contributed by atoms with van der Waals surface area (Å²) in [5.41, 5.74) is -1.38. The normalized spacial score (nSPS) is 11.7. The van der Waals surface area contributed by atoms with Crippen molar-refractivity contribution in [3.63, 3.8) is 0 Å². The summed E-state index contributed by atoms with van der Waals surface area (Å²) in [6.07, 6.45) is 4.76. The zero-order valence-corrected chi connectivity index (χ0v) is 19.3. The summed E-state index contributed by atoms with van der Waals surface area (Å²) in [4.78, 5) is 15.4. The van der Waals surface area contributed by atoms with Gasteiger partial charge in [0, 0.05) is 6.42 Å². The van der Waals surface area contributed by atoms with Crippen LogP contribution in [0.1, 0.15) is 37.8 Å². The molecule has 0 atom stereocenters. The third-order valence-corrected chi connectivity index (χ3v) is 4.47. The van der Waals surface area contributed by atoms with Gasteiger partial charge in [-0.05, 0) is 62.2 Å². The summed E-state index contributed by atoms with van der Waals surface area (Å²) in [5, 5.41) is 9.10. The van der Waals surface area contributed by atoms with Crippen molar-refractivity contribution in [1.82, 2.24) is 0 Å². The van der Waals surface area contributed by atoms with Crippen molar-refractivity contribution in [2.45, 2.75) is 45.0 Å². The Morgan fingerprint density at radius 3 is 2.06 bits per heavy atom. The third kappa shape index (κ3) is 9.45. The molecule has 2 aromatic rings. The number of carbonyl (C=O) groups is 1. The summed E-state index contributed by atoms with van der Waals surface area (Å²) < 4.78 is 54.2. The maximum atomic E-state index is 12.6. The highest BCUT2D eigenvalue weighted by Gasteiger charge is 2.30. The molecule has 0 aliphatic heterocycles. The SMILES string of the molecule is C#C.COC(CCCOc1ccc(OC(C)(C)C(=O)O)cc1)=NCc1ccc(C(F)(F)F)cc1. The molecule has 0 aliphatic rings. The smallest absolute Gasteiger partial charge is 0.416 e. The van der Waals surface area contributed by atoms with Crippen molar-refractivity contribution >= 4 is 11.9 Å². The van der Waals surface area contributed by atoms with E-state index < -0.39 is 23.3 Å². The molecule has 0 amide bonds. The Kier molecular flexibility index (Phi) is 11.0. The minimum absolute atomic E-state index is 0.219. The molecule has 2 rings (SSSR count). The number of alkyl halides is 3. The average molecular weight is 479 g/mol. The molecule has 0 aliphatic carbocycles. The van der Waals surface area contributed by atoms with E-state index in [-0.39, 0.29) is 6.54 Å². The van der Waals surface area contributed by atoms with Crippen LogP contribution in [0.5, 0.6) is 11.5 Å². The molecule has 9 heteroatoms. The Labute approximate surface area is 197 Å². The van der Waals surface area contributed by atoms with Crippen molar-refractivity contribution < 1.29 is 37.3 Å². The molecule has 34 heavy (non-hydrogen) atoms. The Morgan fingerprint density at radius 2 is 1.56 bits per heavy atom. The van der Waals surface area contributed by atoms with Crippen LogP contribution in [0.15, 0.2) is 53.5 Å². The van der Waals surface area contributed by atoms with Crippen LogP contribution in [-0.4, -0.2) is 36.3 Å². The molecule has 0 saturated heterocycles. The van der Waals surface area contributed by atoms with Gasteiger partial charge in [0.15, 0.2) is 11.5 Å². The first kappa shape index (κ1) is 28.4. The molecule has 0 fully saturated rings. The second-order valence-electron chi connectivity index (χ2n) is 7.45. The van der Waals surface area contributed by atoms with Crippen molar-refractivity contribution in [3.8, 4) is 24.3 Å². The molecule has 184 valence electrons. The van der Waals surface area contributed by atoms with Crippen LogP contribution in [0.3, 0.4) is 0 Å². The summed E-state index contributed by atoms with van der Waals surface area (Å²) in [6.45, 7) is 3.54. The van der Waals surface area contributed by atoms with Crippen LogP contribution >= 0.6 is 0 Å². The van der Waals surface area contributed by atoms with Gasteiger partial charge >= 0.3 is 12.1 Å². The van der Waals surface area contributed by atoms with Crippen LogP contribution in [0, 0.1) is 12.8 Å². The first-order valence-electron chi connectivity index (χ1n) is 10.2. The fourth-order valence-electron chi connectivity index (χ4n) is 2.58. The van der Waals surface area contributed by atoms with Gasteiger partial charge in [0.25, 0.3) is 0 Å². The monoisotopic (exact) mass is 479 g/mol. The molecule has 0 radical (unpaired) electrons. The summed E-state index contributed by atoms with van der Waals surface area (Å²) in [7, 11) is 1.49. The fraction of sp³-hybridized carbons (Fsp3) is 0.360. The van der Waals surface area contributed by atoms with E-state index in [1.54, 1.807) is 24.3 Å². The number of carboxylic acids is 1. The third-order valence-electron chi connectivity index (χ3n) is 4.47. The number of aliphatic imine (C=N–C) groups is 1. The van der Waals surface area contributed by atoms with Crippen LogP contribution in [0.2, 0.25) is 0 Å². The summed E-state index contributed by atoms with van der Waals surface area (Å²) in [5.74, 6) is 0.438. The van der Waals surface area contributed by atoms with E-state index in [1.165, 1.54) is 33.1 Å². The van der Waals surface area contributed by atoms with Gasteiger partial charge in [0.2, 0.25) is 0 Å². The molecular formula is C25H28F3NO5. The first-order chi connectivity index (χ1) is 16.0. The van der Waals surface area contributed by atoms with Gasteiger partial charge in [-0.25, -0.2) is 4.79 Å². The molecule has 1 N–H and O–H groups in total. The number of methoxy groups -OCH3 is 1. The van der Waals surface area contributed by atoms with Crippen molar-refractivity contribution in [2.75, 3.05) is 13.7 Å². The minimum atomic E-state index is -4.36. The van der Waals surface area contributed by atoms with Crippen LogP contribution < -0.4 is 9.47 Å². The quantitative estimate of drug-likeness (QED) is 0.208. The number of hydrogen-bond acceptors (Lipinski definition) is 5. The van der Waals surface area contributed by atoms with E-state index in [0.717, 1.165) is 12.1 Å². The maximum Gasteiger partial charge on any atom is 0.416 e. The molecule has 0 heterocycles. The lowest BCUT2D eigenvalue weighted by Gasteiger charge is -2.21. The predicted octanol–water partition coefficient (Wildman–Crippen LogP) is 5.60. The number of hydrogen-bond donors (Lipinski definition) is 1. The van der Waals surface area contributed by atoms with Crippen LogP contribution in [0.4, 0.5) is 13.2 Å². The average Bonchev–Trinajstić information content (AvgIpc) is 2.80. The van der Waals surface area contributed by atoms with E-state index >= 15 is 0 Å². The van der Waals surface area contributed by atoms with Gasteiger partial charge in [-0.3, -0.25) is 4.99 Å². The number of carboxylic acid groups (broad SMARTS) is 1. The highest BCUT2D eigenvalue weighted by Crippen LogP contribution is 2.29. The number of terminal acetylenes is 1. The molecule has 0 bridgehead atoms. The zero-order valence-electron chi connectivity index (χ0n) is 19.3. The Bertz CT molecular complexity index is 949. The van der Waals surface area contributed by atoms with E-state index in [1.807, 2.05) is 0 Å². The second kappa shape index (κ2) is 13.1. The van der Waals surface area contributed by atoms with E-state index in [4.69, 9.17) is 19.3 Å². The lowest BCUT2D eigenvalue weighted by Crippen LogP contribution is -2.37. The predicted molar refractivity (Wildman–Crippen MR) is 123 cm³/mol. The number of nitrogens with zero attached hydrogens (tertiary/aromatic N) is 1. The van der Waals surface area contributed by atoms with E-state index in [2.05, 4.69) is 17.8 Å². The molecule has 0 saturated carbocycles. The van der Waals surface area contributed by atoms with E-state index in [0.29, 0.717) is 42.4 Å². The Hall–Kier alpha value is -3.67. The molecule has 2 aromatic carbocycles. The Morgan fingerprint density at radius 1 is 1.00 bits per heavy atom. The van der Waals surface area contributed by atoms with Crippen LogP contribution in [-0.2, 0) is 22.3 Å². The first-order valence-corrected chi connectivity index (χ1v) is 10.2. The van der Waals surface area contributed by atoms with Crippen molar-refractivity contribution in [1.29, 1.82) is 0 Å². The van der Waals surface area contributed by atoms with Gasteiger partial charge in [-0.15, -0.1) is 12.8 Å². The Balaban J connectivity index is 0.00000281. The van der Waals surface area contributed by atoms with Gasteiger partial charge in [-0.1, -0.05) is 12.1 Å². The zero-order chi connectivity index (χ0) is 25.8. The largest absolute Gasteiger partial charge is 0.494 e. The number of rotatable bonds is 10. The molecule has 6 nitrogen and oxygen atoms in total. The van der Waals surface area contributed by atoms with Gasteiger partial charge in [0.1, 0.15) is 11.5 Å².